The number of hydrogen-bond acceptors (Lipinski definition) is 2. The molecular formula is C20H16ClNO. The molecule has 2 N–H and O–H groups in total. The molecular weight excluding hydrogens is 306 g/mol. The second-order valence-corrected chi connectivity index (χ2v) is 5.85. The third kappa shape index (κ3) is 3.61. The Labute approximate surface area is 140 Å². The number of nitrogens with two attached hydrogens (primary N) is 1. The molecule has 23 heavy (non-hydrogen) atoms. The molecule has 0 spiro atoms. The zero-order valence-corrected chi connectivity index (χ0v) is 13.3. The highest BCUT2D eigenvalue weighted by Crippen LogP contribution is 2.22. The van der Waals surface area contributed by atoms with Gasteiger partial charge in [-0.1, -0.05) is 54.1 Å². The number of ketones is 1. The molecule has 0 saturated heterocycles. The molecule has 0 aliphatic carbocycles. The van der Waals surface area contributed by atoms with Crippen molar-refractivity contribution in [2.45, 2.75) is 6.42 Å². The minimum Gasteiger partial charge on any atom is -0.399 e. The lowest BCUT2D eigenvalue weighted by molar-refractivity contribution is 0.103. The third-order valence-electron chi connectivity index (χ3n) is 3.72. The van der Waals surface area contributed by atoms with Crippen LogP contribution in [0.2, 0.25) is 5.02 Å². The van der Waals surface area contributed by atoms with E-state index in [0.717, 1.165) is 11.1 Å². The Morgan fingerprint density at radius 3 is 2.30 bits per heavy atom. The van der Waals surface area contributed by atoms with E-state index in [1.807, 2.05) is 60.7 Å². The Balaban J connectivity index is 1.98. The first-order valence-corrected chi connectivity index (χ1v) is 7.74. The fourth-order valence-electron chi connectivity index (χ4n) is 2.55. The Hall–Kier alpha value is -2.58. The first kappa shape index (κ1) is 15.3. The quantitative estimate of drug-likeness (QED) is 0.557. The highest BCUT2D eigenvalue weighted by atomic mass is 35.5. The molecule has 2 nitrogen and oxygen atoms in total. The van der Waals surface area contributed by atoms with Crippen LogP contribution in [0.1, 0.15) is 27.0 Å². The Morgan fingerprint density at radius 1 is 0.913 bits per heavy atom. The molecule has 0 heterocycles. The number of rotatable bonds is 4. The van der Waals surface area contributed by atoms with Crippen LogP contribution in [0, 0.1) is 0 Å². The van der Waals surface area contributed by atoms with Crippen molar-refractivity contribution < 1.29 is 4.79 Å². The average molecular weight is 322 g/mol. The van der Waals surface area contributed by atoms with Crippen LogP contribution in [-0.4, -0.2) is 5.78 Å². The predicted octanol–water partition coefficient (Wildman–Crippen LogP) is 4.74. The van der Waals surface area contributed by atoms with E-state index in [1.54, 1.807) is 12.1 Å². The lowest BCUT2D eigenvalue weighted by Gasteiger charge is -2.10. The molecule has 3 heteroatoms. The summed E-state index contributed by atoms with van der Waals surface area (Å²) in [5, 5.41) is 0.696. The van der Waals surface area contributed by atoms with Crippen LogP contribution in [0.3, 0.4) is 0 Å². The zero-order chi connectivity index (χ0) is 16.2. The number of carbonyl (C=O) groups excluding carboxylic acids is 1. The van der Waals surface area contributed by atoms with E-state index in [1.165, 1.54) is 0 Å². The first-order chi connectivity index (χ1) is 11.1. The summed E-state index contributed by atoms with van der Waals surface area (Å²) in [5.74, 6) is 0.00886. The Bertz CT molecular complexity index is 826. The van der Waals surface area contributed by atoms with E-state index in [-0.39, 0.29) is 5.78 Å². The highest BCUT2D eigenvalue weighted by molar-refractivity contribution is 6.30. The smallest absolute Gasteiger partial charge is 0.193 e. The molecule has 3 aromatic carbocycles. The number of hydrogen-bond donors (Lipinski definition) is 1. The van der Waals surface area contributed by atoms with Crippen LogP contribution in [0.5, 0.6) is 0 Å². The summed E-state index contributed by atoms with van der Waals surface area (Å²) in [6.45, 7) is 0. The standard InChI is InChI=1S/C20H16ClNO/c21-17-8-6-14(7-9-17)12-16-13-18(22)10-11-19(16)20(23)15-4-2-1-3-5-15/h1-11,13H,12,22H2. The van der Waals surface area contributed by atoms with Crippen LogP contribution in [0.15, 0.2) is 72.8 Å². The van der Waals surface area contributed by atoms with Gasteiger partial charge in [0.15, 0.2) is 5.78 Å². The molecule has 0 bridgehead atoms. The van der Waals surface area contributed by atoms with Crippen molar-refractivity contribution in [3.05, 3.63) is 100 Å². The number of benzene rings is 3. The lowest BCUT2D eigenvalue weighted by Crippen LogP contribution is -2.07. The summed E-state index contributed by atoms with van der Waals surface area (Å²) in [5.41, 5.74) is 9.92. The first-order valence-electron chi connectivity index (χ1n) is 7.36. The van der Waals surface area contributed by atoms with Gasteiger partial charge < -0.3 is 5.73 Å². The fourth-order valence-corrected chi connectivity index (χ4v) is 2.67. The molecule has 0 radical (unpaired) electrons. The monoisotopic (exact) mass is 321 g/mol. The summed E-state index contributed by atoms with van der Waals surface area (Å²) >= 11 is 5.93. The minimum atomic E-state index is 0.00886. The van der Waals surface area contributed by atoms with Crippen LogP contribution < -0.4 is 5.73 Å². The maximum Gasteiger partial charge on any atom is 0.193 e. The van der Waals surface area contributed by atoms with Crippen molar-refractivity contribution in [1.29, 1.82) is 0 Å². The van der Waals surface area contributed by atoms with E-state index in [0.29, 0.717) is 28.3 Å². The number of carbonyl (C=O) groups is 1. The molecule has 0 atom stereocenters. The van der Waals surface area contributed by atoms with Crippen molar-refractivity contribution in [3.63, 3.8) is 0 Å². The van der Waals surface area contributed by atoms with Gasteiger partial charge in [0.1, 0.15) is 0 Å². The van der Waals surface area contributed by atoms with E-state index >= 15 is 0 Å². The van der Waals surface area contributed by atoms with Crippen molar-refractivity contribution in [2.24, 2.45) is 0 Å². The zero-order valence-electron chi connectivity index (χ0n) is 12.5. The van der Waals surface area contributed by atoms with Gasteiger partial charge in [0.05, 0.1) is 0 Å². The van der Waals surface area contributed by atoms with Gasteiger partial charge in [-0.15, -0.1) is 0 Å². The van der Waals surface area contributed by atoms with Crippen LogP contribution in [0.25, 0.3) is 0 Å². The molecule has 114 valence electrons. The summed E-state index contributed by atoms with van der Waals surface area (Å²) in [6.07, 6.45) is 0.635. The summed E-state index contributed by atoms with van der Waals surface area (Å²) < 4.78 is 0. The van der Waals surface area contributed by atoms with Crippen LogP contribution >= 0.6 is 11.6 Å². The third-order valence-corrected chi connectivity index (χ3v) is 3.97. The molecule has 0 unspecified atom stereocenters. The fraction of sp³-hybridized carbons (Fsp3) is 0.0500. The summed E-state index contributed by atoms with van der Waals surface area (Å²) in [4.78, 5) is 12.8. The minimum absolute atomic E-state index is 0.00886. The topological polar surface area (TPSA) is 43.1 Å². The Kier molecular flexibility index (Phi) is 4.45. The Morgan fingerprint density at radius 2 is 1.61 bits per heavy atom. The number of nitrogen functional groups attached to an aromatic ring is 1. The maximum absolute atomic E-state index is 12.8. The summed E-state index contributed by atoms with van der Waals surface area (Å²) in [6, 6.07) is 22.3. The van der Waals surface area contributed by atoms with Crippen LogP contribution in [0.4, 0.5) is 5.69 Å². The van der Waals surface area contributed by atoms with Crippen LogP contribution in [-0.2, 0) is 6.42 Å². The molecule has 0 aliphatic heterocycles. The van der Waals surface area contributed by atoms with Gasteiger partial charge in [-0.3, -0.25) is 4.79 Å². The normalized spacial score (nSPS) is 10.5. The van der Waals surface area contributed by atoms with Crippen molar-refractivity contribution >= 4 is 23.1 Å². The molecule has 0 aliphatic rings. The summed E-state index contributed by atoms with van der Waals surface area (Å²) in [7, 11) is 0. The van der Waals surface area contributed by atoms with E-state index in [2.05, 4.69) is 0 Å². The van der Waals surface area contributed by atoms with Gasteiger partial charge in [0.25, 0.3) is 0 Å². The van der Waals surface area contributed by atoms with Crippen molar-refractivity contribution in [3.8, 4) is 0 Å². The molecule has 0 fully saturated rings. The van der Waals surface area contributed by atoms with E-state index in [9.17, 15) is 4.79 Å². The van der Waals surface area contributed by atoms with Crippen molar-refractivity contribution in [1.82, 2.24) is 0 Å². The molecule has 0 saturated carbocycles. The largest absolute Gasteiger partial charge is 0.399 e. The van der Waals surface area contributed by atoms with Gasteiger partial charge in [0.2, 0.25) is 0 Å². The van der Waals surface area contributed by atoms with Gasteiger partial charge in [-0.2, -0.15) is 0 Å². The SMILES string of the molecule is Nc1ccc(C(=O)c2ccccc2)c(Cc2ccc(Cl)cc2)c1. The van der Waals surface area contributed by atoms with Gasteiger partial charge >= 0.3 is 0 Å². The maximum atomic E-state index is 12.8. The van der Waals surface area contributed by atoms with Gasteiger partial charge in [-0.05, 0) is 47.9 Å². The van der Waals surface area contributed by atoms with Gasteiger partial charge in [-0.25, -0.2) is 0 Å². The number of halogens is 1. The highest BCUT2D eigenvalue weighted by Gasteiger charge is 2.14. The van der Waals surface area contributed by atoms with E-state index < -0.39 is 0 Å². The van der Waals surface area contributed by atoms with Gasteiger partial charge in [0, 0.05) is 21.8 Å². The molecule has 0 amide bonds. The van der Waals surface area contributed by atoms with E-state index in [4.69, 9.17) is 17.3 Å². The number of anilines is 1. The predicted molar refractivity (Wildman–Crippen MR) is 95.0 cm³/mol. The molecule has 0 aromatic heterocycles. The van der Waals surface area contributed by atoms with Crippen molar-refractivity contribution in [2.75, 3.05) is 5.73 Å². The second-order valence-electron chi connectivity index (χ2n) is 5.41. The average Bonchev–Trinajstić information content (AvgIpc) is 2.57. The second kappa shape index (κ2) is 6.67. The lowest BCUT2D eigenvalue weighted by atomic mass is 9.94. The molecule has 3 aromatic rings. The molecule has 3 rings (SSSR count).